The molecule has 4 nitrogen and oxygen atoms in total. The Balaban J connectivity index is 1.95. The normalized spacial score (nSPS) is 10.7. The molecule has 0 unspecified atom stereocenters. The molecule has 19 heavy (non-hydrogen) atoms. The Hall–Kier alpha value is -2.10. The number of aromatic nitrogens is 2. The Kier molecular flexibility index (Phi) is 4.00. The quantitative estimate of drug-likeness (QED) is 0.884. The van der Waals surface area contributed by atoms with Crippen LogP contribution in [0.5, 0.6) is 0 Å². The van der Waals surface area contributed by atoms with E-state index in [0.29, 0.717) is 18.0 Å². The molecule has 0 spiro atoms. The number of rotatable bonds is 4. The molecule has 0 aliphatic heterocycles. The monoisotopic (exact) mass is 257 g/mol. The topological polar surface area (TPSA) is 57.8 Å². The third-order valence-corrected chi connectivity index (χ3v) is 3.17. The smallest absolute Gasteiger partial charge is 0.255 e. The van der Waals surface area contributed by atoms with Gasteiger partial charge in [0.1, 0.15) is 0 Å². The number of nitrogens with one attached hydrogen (secondary N) is 2. The number of amides is 1. The maximum Gasteiger partial charge on any atom is 0.255 e. The van der Waals surface area contributed by atoms with Gasteiger partial charge in [0.15, 0.2) is 0 Å². The Morgan fingerprint density at radius 3 is 2.53 bits per heavy atom. The molecule has 2 rings (SSSR count). The molecule has 0 aliphatic rings. The van der Waals surface area contributed by atoms with Gasteiger partial charge in [-0.05, 0) is 24.0 Å². The highest BCUT2D eigenvalue weighted by Gasteiger charge is 2.10. The first-order chi connectivity index (χ1) is 9.08. The van der Waals surface area contributed by atoms with Crippen molar-refractivity contribution in [1.29, 1.82) is 0 Å². The van der Waals surface area contributed by atoms with Gasteiger partial charge in [0, 0.05) is 12.2 Å². The summed E-state index contributed by atoms with van der Waals surface area (Å²) in [6, 6.07) is 8.32. The number of hydrogen-bond acceptors (Lipinski definition) is 2. The Morgan fingerprint density at radius 1 is 1.32 bits per heavy atom. The SMILES string of the molecule is Cc1[nH]ncc1C(=O)NCc1ccc(C(C)C)cc1. The number of aryl methyl sites for hydroxylation is 1. The van der Waals surface area contributed by atoms with Crippen molar-refractivity contribution < 1.29 is 4.79 Å². The van der Waals surface area contributed by atoms with Crippen molar-refractivity contribution in [2.75, 3.05) is 0 Å². The zero-order valence-corrected chi connectivity index (χ0v) is 11.5. The molecule has 2 N–H and O–H groups in total. The molecule has 0 saturated carbocycles. The second kappa shape index (κ2) is 5.69. The van der Waals surface area contributed by atoms with Gasteiger partial charge in [-0.1, -0.05) is 38.1 Å². The van der Waals surface area contributed by atoms with E-state index >= 15 is 0 Å². The van der Waals surface area contributed by atoms with Crippen LogP contribution in [-0.2, 0) is 6.54 Å². The van der Waals surface area contributed by atoms with Crippen LogP contribution in [0.4, 0.5) is 0 Å². The average molecular weight is 257 g/mol. The summed E-state index contributed by atoms with van der Waals surface area (Å²) in [5.41, 5.74) is 3.78. The first kappa shape index (κ1) is 13.3. The van der Waals surface area contributed by atoms with Crippen molar-refractivity contribution >= 4 is 5.91 Å². The van der Waals surface area contributed by atoms with Gasteiger partial charge in [0.2, 0.25) is 0 Å². The lowest BCUT2D eigenvalue weighted by Crippen LogP contribution is -2.23. The van der Waals surface area contributed by atoms with E-state index in [9.17, 15) is 4.79 Å². The number of aromatic amines is 1. The molecule has 1 aromatic carbocycles. The number of carbonyl (C=O) groups excluding carboxylic acids is 1. The molecule has 0 aliphatic carbocycles. The van der Waals surface area contributed by atoms with Crippen LogP contribution in [0.15, 0.2) is 30.5 Å². The highest BCUT2D eigenvalue weighted by Crippen LogP contribution is 2.14. The van der Waals surface area contributed by atoms with Crippen molar-refractivity contribution in [2.45, 2.75) is 33.2 Å². The predicted molar refractivity (Wildman–Crippen MR) is 75.0 cm³/mol. The molecule has 1 amide bonds. The molecule has 1 heterocycles. The Labute approximate surface area is 113 Å². The van der Waals surface area contributed by atoms with Gasteiger partial charge in [-0.3, -0.25) is 9.89 Å². The molecule has 4 heteroatoms. The van der Waals surface area contributed by atoms with E-state index < -0.39 is 0 Å². The van der Waals surface area contributed by atoms with Gasteiger partial charge < -0.3 is 5.32 Å². The van der Waals surface area contributed by atoms with Gasteiger partial charge in [0.05, 0.1) is 11.8 Å². The minimum atomic E-state index is -0.0980. The molecule has 2 aromatic rings. The van der Waals surface area contributed by atoms with E-state index in [0.717, 1.165) is 11.3 Å². The molecule has 0 fully saturated rings. The van der Waals surface area contributed by atoms with E-state index in [1.54, 1.807) is 6.20 Å². The fourth-order valence-corrected chi connectivity index (χ4v) is 1.88. The molecule has 1 aromatic heterocycles. The number of H-pyrrole nitrogens is 1. The van der Waals surface area contributed by atoms with Gasteiger partial charge >= 0.3 is 0 Å². The lowest BCUT2D eigenvalue weighted by molar-refractivity contribution is 0.0950. The highest BCUT2D eigenvalue weighted by molar-refractivity contribution is 5.94. The van der Waals surface area contributed by atoms with E-state index in [-0.39, 0.29) is 5.91 Å². The van der Waals surface area contributed by atoms with Crippen molar-refractivity contribution in [2.24, 2.45) is 0 Å². The van der Waals surface area contributed by atoms with Crippen LogP contribution >= 0.6 is 0 Å². The summed E-state index contributed by atoms with van der Waals surface area (Å²) in [4.78, 5) is 11.9. The number of carbonyl (C=O) groups is 1. The van der Waals surface area contributed by atoms with E-state index in [1.807, 2.05) is 6.92 Å². The van der Waals surface area contributed by atoms with Crippen molar-refractivity contribution in [1.82, 2.24) is 15.5 Å². The second-order valence-electron chi connectivity index (χ2n) is 4.99. The molecular formula is C15H19N3O. The van der Waals surface area contributed by atoms with Crippen molar-refractivity contribution in [3.63, 3.8) is 0 Å². The van der Waals surface area contributed by atoms with Crippen LogP contribution in [0, 0.1) is 6.92 Å². The van der Waals surface area contributed by atoms with E-state index in [1.165, 1.54) is 5.56 Å². The zero-order valence-electron chi connectivity index (χ0n) is 11.5. The fourth-order valence-electron chi connectivity index (χ4n) is 1.88. The van der Waals surface area contributed by atoms with Gasteiger partial charge in [-0.25, -0.2) is 0 Å². The summed E-state index contributed by atoms with van der Waals surface area (Å²) in [6.07, 6.45) is 1.55. The van der Waals surface area contributed by atoms with Gasteiger partial charge in [-0.15, -0.1) is 0 Å². The molecule has 0 bridgehead atoms. The molecule has 0 saturated heterocycles. The first-order valence-electron chi connectivity index (χ1n) is 6.45. The number of hydrogen-bond donors (Lipinski definition) is 2. The third-order valence-electron chi connectivity index (χ3n) is 3.17. The molecule has 100 valence electrons. The standard InChI is InChI=1S/C15H19N3O/c1-10(2)13-6-4-12(5-7-13)8-16-15(19)14-9-17-18-11(14)3/h4-7,9-10H,8H2,1-3H3,(H,16,19)(H,17,18). The average Bonchev–Trinajstić information content (AvgIpc) is 2.83. The number of benzene rings is 1. The summed E-state index contributed by atoms with van der Waals surface area (Å²) in [5.74, 6) is 0.427. The van der Waals surface area contributed by atoms with Crippen LogP contribution in [0.3, 0.4) is 0 Å². The van der Waals surface area contributed by atoms with E-state index in [4.69, 9.17) is 0 Å². The Bertz CT molecular complexity index is 555. The Morgan fingerprint density at radius 2 is 2.00 bits per heavy atom. The summed E-state index contributed by atoms with van der Waals surface area (Å²) in [6.45, 7) is 6.69. The zero-order chi connectivity index (χ0) is 13.8. The summed E-state index contributed by atoms with van der Waals surface area (Å²) in [7, 11) is 0. The maximum atomic E-state index is 11.9. The van der Waals surface area contributed by atoms with Crippen LogP contribution in [0.25, 0.3) is 0 Å². The van der Waals surface area contributed by atoms with Crippen LogP contribution < -0.4 is 5.32 Å². The summed E-state index contributed by atoms with van der Waals surface area (Å²) < 4.78 is 0. The number of nitrogens with zero attached hydrogens (tertiary/aromatic N) is 1. The lowest BCUT2D eigenvalue weighted by atomic mass is 10.0. The molecule has 0 atom stereocenters. The summed E-state index contributed by atoms with van der Waals surface area (Å²) in [5, 5.41) is 9.49. The van der Waals surface area contributed by atoms with Gasteiger partial charge in [-0.2, -0.15) is 5.10 Å². The van der Waals surface area contributed by atoms with Crippen LogP contribution in [-0.4, -0.2) is 16.1 Å². The summed E-state index contributed by atoms with van der Waals surface area (Å²) >= 11 is 0. The first-order valence-corrected chi connectivity index (χ1v) is 6.45. The highest BCUT2D eigenvalue weighted by atomic mass is 16.1. The van der Waals surface area contributed by atoms with Crippen LogP contribution in [0.2, 0.25) is 0 Å². The van der Waals surface area contributed by atoms with Crippen LogP contribution in [0.1, 0.15) is 46.9 Å². The maximum absolute atomic E-state index is 11.9. The predicted octanol–water partition coefficient (Wildman–Crippen LogP) is 2.77. The minimum Gasteiger partial charge on any atom is -0.348 e. The third kappa shape index (κ3) is 3.22. The molecule has 0 radical (unpaired) electrons. The fraction of sp³-hybridized carbons (Fsp3) is 0.333. The van der Waals surface area contributed by atoms with Crippen molar-refractivity contribution in [3.8, 4) is 0 Å². The molecular weight excluding hydrogens is 238 g/mol. The van der Waals surface area contributed by atoms with E-state index in [2.05, 4.69) is 53.6 Å². The van der Waals surface area contributed by atoms with Gasteiger partial charge in [0.25, 0.3) is 5.91 Å². The van der Waals surface area contributed by atoms with Crippen molar-refractivity contribution in [3.05, 3.63) is 52.8 Å². The minimum absolute atomic E-state index is 0.0980. The second-order valence-corrected chi connectivity index (χ2v) is 4.99. The lowest BCUT2D eigenvalue weighted by Gasteiger charge is -2.08. The largest absolute Gasteiger partial charge is 0.348 e.